The van der Waals surface area contributed by atoms with Crippen LogP contribution in [0.3, 0.4) is 0 Å². The van der Waals surface area contributed by atoms with Crippen molar-refractivity contribution in [2.45, 2.75) is 18.2 Å². The van der Waals surface area contributed by atoms with Gasteiger partial charge in [-0.2, -0.15) is 8.42 Å². The first-order valence-electron chi connectivity index (χ1n) is 8.92. The normalized spacial score (nSPS) is 12.3. The number of rotatable bonds is 10. The van der Waals surface area contributed by atoms with Gasteiger partial charge in [-0.25, -0.2) is 0 Å². The number of amides is 1. The first-order valence-corrected chi connectivity index (χ1v) is 11.1. The average molecular weight is 484 g/mol. The van der Waals surface area contributed by atoms with Gasteiger partial charge in [0.15, 0.2) is 0 Å². The molecular weight excluding hydrogens is 462 g/mol. The fourth-order valence-electron chi connectivity index (χ4n) is 2.72. The smallest absolute Gasteiger partial charge is 0.323 e. The molecule has 0 bridgehead atoms. The van der Waals surface area contributed by atoms with Crippen molar-refractivity contribution in [2.75, 3.05) is 19.7 Å². The molecule has 29 heavy (non-hydrogen) atoms. The second kappa shape index (κ2) is 10.5. The van der Waals surface area contributed by atoms with Gasteiger partial charge in [0.2, 0.25) is 5.91 Å². The Morgan fingerprint density at radius 2 is 1.72 bits per heavy atom. The molecule has 0 unspecified atom stereocenters. The van der Waals surface area contributed by atoms with E-state index in [9.17, 15) is 18.0 Å². The lowest BCUT2D eigenvalue weighted by atomic mass is 9.98. The van der Waals surface area contributed by atoms with E-state index in [0.29, 0.717) is 0 Å². The predicted molar refractivity (Wildman–Crippen MR) is 111 cm³/mol. The second-order valence-corrected chi connectivity index (χ2v) is 8.86. The van der Waals surface area contributed by atoms with E-state index in [2.05, 4.69) is 15.9 Å². The molecule has 1 atom stereocenters. The molecule has 2 aromatic rings. The van der Waals surface area contributed by atoms with Crippen LogP contribution in [0, 0.1) is 5.92 Å². The molecule has 0 aliphatic carbocycles. The largest absolute Gasteiger partial charge is 0.480 e. The highest BCUT2D eigenvalue weighted by Gasteiger charge is 2.28. The summed E-state index contributed by atoms with van der Waals surface area (Å²) in [6, 6.07) is 15.0. The van der Waals surface area contributed by atoms with Crippen LogP contribution in [0.1, 0.15) is 12.5 Å². The van der Waals surface area contributed by atoms with Crippen LogP contribution in [-0.4, -0.2) is 50.0 Å². The van der Waals surface area contributed by atoms with E-state index < -0.39 is 34.5 Å². The lowest BCUT2D eigenvalue weighted by molar-refractivity contribution is -0.146. The van der Waals surface area contributed by atoms with E-state index in [1.165, 1.54) is 17.0 Å². The molecule has 0 saturated carbocycles. The zero-order valence-electron chi connectivity index (χ0n) is 15.8. The number of nitrogens with zero attached hydrogens (tertiary/aromatic N) is 1. The summed E-state index contributed by atoms with van der Waals surface area (Å²) in [5.41, 5.74) is 0.821. The van der Waals surface area contributed by atoms with Crippen LogP contribution in [0.25, 0.3) is 0 Å². The molecule has 0 radical (unpaired) electrons. The van der Waals surface area contributed by atoms with Crippen molar-refractivity contribution >= 4 is 37.9 Å². The van der Waals surface area contributed by atoms with E-state index in [1.54, 1.807) is 19.1 Å². The Kier molecular flexibility index (Phi) is 8.36. The maximum Gasteiger partial charge on any atom is 0.323 e. The van der Waals surface area contributed by atoms with Gasteiger partial charge >= 0.3 is 5.97 Å². The fourth-order valence-corrected chi connectivity index (χ4v) is 3.94. The molecule has 2 aromatic carbocycles. The van der Waals surface area contributed by atoms with Crippen LogP contribution in [0.2, 0.25) is 0 Å². The first kappa shape index (κ1) is 23.1. The van der Waals surface area contributed by atoms with Gasteiger partial charge in [0.25, 0.3) is 10.1 Å². The Morgan fingerprint density at radius 3 is 2.28 bits per heavy atom. The van der Waals surface area contributed by atoms with Crippen LogP contribution >= 0.6 is 15.9 Å². The molecule has 156 valence electrons. The summed E-state index contributed by atoms with van der Waals surface area (Å²) in [4.78, 5) is 25.1. The van der Waals surface area contributed by atoms with Crippen LogP contribution in [0.15, 0.2) is 64.0 Å². The van der Waals surface area contributed by atoms with E-state index in [1.807, 2.05) is 30.3 Å². The predicted octanol–water partition coefficient (Wildman–Crippen LogP) is 2.95. The number of halogens is 1. The molecule has 0 saturated heterocycles. The minimum Gasteiger partial charge on any atom is -0.480 e. The summed E-state index contributed by atoms with van der Waals surface area (Å²) >= 11 is 3.24. The van der Waals surface area contributed by atoms with Crippen molar-refractivity contribution in [1.29, 1.82) is 0 Å². The third-order valence-electron chi connectivity index (χ3n) is 4.22. The highest BCUT2D eigenvalue weighted by atomic mass is 79.9. The molecule has 7 nitrogen and oxygen atoms in total. The molecular formula is C20H22BrNO6S. The van der Waals surface area contributed by atoms with Crippen LogP contribution in [0.4, 0.5) is 0 Å². The van der Waals surface area contributed by atoms with Gasteiger partial charge in [0.05, 0.1) is 17.4 Å². The molecule has 2 rings (SSSR count). The van der Waals surface area contributed by atoms with E-state index in [4.69, 9.17) is 9.29 Å². The molecule has 9 heteroatoms. The molecule has 0 fully saturated rings. The summed E-state index contributed by atoms with van der Waals surface area (Å²) in [6.45, 7) is 1.01. The van der Waals surface area contributed by atoms with Crippen molar-refractivity contribution in [2.24, 2.45) is 5.92 Å². The Hall–Kier alpha value is -2.23. The number of likely N-dealkylation sites (N-methyl/N-ethyl adjacent to an activating group) is 1. The SMILES string of the molecule is CCN(CC(=O)O)C(=O)[C@H](COS(=O)(=O)c1ccc(Br)cc1)Cc1ccccc1. The zero-order chi connectivity index (χ0) is 21.4. The Morgan fingerprint density at radius 1 is 1.10 bits per heavy atom. The van der Waals surface area contributed by atoms with E-state index in [0.717, 1.165) is 10.0 Å². The van der Waals surface area contributed by atoms with Gasteiger partial charge in [-0.15, -0.1) is 0 Å². The Labute approximate surface area is 178 Å². The van der Waals surface area contributed by atoms with Gasteiger partial charge in [-0.05, 0) is 43.2 Å². The van der Waals surface area contributed by atoms with Crippen LogP contribution in [-0.2, 0) is 30.3 Å². The number of carboxylic acid groups (broad SMARTS) is 1. The molecule has 1 N–H and O–H groups in total. The number of carbonyl (C=O) groups is 2. The standard InChI is InChI=1S/C20H22BrNO6S/c1-2-22(13-19(23)24)20(25)16(12-15-6-4-3-5-7-15)14-28-29(26,27)18-10-8-17(21)9-11-18/h3-11,16H,2,12-14H2,1H3,(H,23,24)/t16-/m0/s1. The summed E-state index contributed by atoms with van der Waals surface area (Å²) in [5.74, 6) is -2.45. The van der Waals surface area contributed by atoms with Crippen molar-refractivity contribution in [3.63, 3.8) is 0 Å². The maximum atomic E-state index is 12.9. The lowest BCUT2D eigenvalue weighted by Crippen LogP contribution is -2.42. The van der Waals surface area contributed by atoms with Crippen molar-refractivity contribution in [1.82, 2.24) is 4.90 Å². The monoisotopic (exact) mass is 483 g/mol. The molecule has 0 heterocycles. The molecule has 0 aliphatic heterocycles. The first-order chi connectivity index (χ1) is 13.7. The van der Waals surface area contributed by atoms with Crippen molar-refractivity contribution < 1.29 is 27.3 Å². The average Bonchev–Trinajstić information content (AvgIpc) is 2.69. The number of aliphatic carboxylic acids is 1. The lowest BCUT2D eigenvalue weighted by Gasteiger charge is -2.25. The summed E-state index contributed by atoms with van der Waals surface area (Å²) in [5, 5.41) is 9.04. The molecule has 0 aliphatic rings. The number of carboxylic acids is 1. The van der Waals surface area contributed by atoms with Gasteiger partial charge in [0, 0.05) is 11.0 Å². The van der Waals surface area contributed by atoms with Gasteiger partial charge in [-0.1, -0.05) is 46.3 Å². The Balaban J connectivity index is 2.21. The van der Waals surface area contributed by atoms with Crippen LogP contribution in [0.5, 0.6) is 0 Å². The van der Waals surface area contributed by atoms with Crippen molar-refractivity contribution in [3.05, 3.63) is 64.6 Å². The summed E-state index contributed by atoms with van der Waals surface area (Å²) in [7, 11) is -4.06. The summed E-state index contributed by atoms with van der Waals surface area (Å²) < 4.78 is 30.9. The second-order valence-electron chi connectivity index (χ2n) is 6.33. The van der Waals surface area contributed by atoms with E-state index in [-0.39, 0.29) is 24.5 Å². The highest BCUT2D eigenvalue weighted by molar-refractivity contribution is 9.10. The van der Waals surface area contributed by atoms with Gasteiger partial charge in [-0.3, -0.25) is 13.8 Å². The number of hydrogen-bond acceptors (Lipinski definition) is 5. The van der Waals surface area contributed by atoms with Crippen LogP contribution < -0.4 is 0 Å². The molecule has 0 spiro atoms. The van der Waals surface area contributed by atoms with Gasteiger partial charge in [0.1, 0.15) is 6.54 Å². The minimum atomic E-state index is -4.06. The van der Waals surface area contributed by atoms with Crippen molar-refractivity contribution in [3.8, 4) is 0 Å². The minimum absolute atomic E-state index is 0.0236. The number of hydrogen-bond donors (Lipinski definition) is 1. The fraction of sp³-hybridized carbons (Fsp3) is 0.300. The topological polar surface area (TPSA) is 101 Å². The number of carbonyl (C=O) groups excluding carboxylic acids is 1. The maximum absolute atomic E-state index is 12.9. The quantitative estimate of drug-likeness (QED) is 0.521. The third kappa shape index (κ3) is 6.95. The molecule has 1 amide bonds. The zero-order valence-corrected chi connectivity index (χ0v) is 18.2. The highest BCUT2D eigenvalue weighted by Crippen LogP contribution is 2.19. The third-order valence-corrected chi connectivity index (χ3v) is 6.04. The number of benzene rings is 2. The van der Waals surface area contributed by atoms with Gasteiger partial charge < -0.3 is 10.0 Å². The van der Waals surface area contributed by atoms with E-state index >= 15 is 0 Å². The molecule has 0 aromatic heterocycles. The summed E-state index contributed by atoms with van der Waals surface area (Å²) in [6.07, 6.45) is 0.228. The Bertz CT molecular complexity index is 931.